The van der Waals surface area contributed by atoms with Crippen molar-refractivity contribution in [2.24, 2.45) is 0 Å². The molecule has 166 valence electrons. The Labute approximate surface area is 182 Å². The first-order valence-corrected chi connectivity index (χ1v) is 10.5. The summed E-state index contributed by atoms with van der Waals surface area (Å²) in [5.74, 6) is 0.361. The summed E-state index contributed by atoms with van der Waals surface area (Å²) >= 11 is 0. The fraction of sp³-hybridized carbons (Fsp3) is 0.458. The number of benzene rings is 2. The lowest BCUT2D eigenvalue weighted by Gasteiger charge is -2.40. The van der Waals surface area contributed by atoms with Crippen LogP contribution in [0.5, 0.6) is 5.75 Å². The standard InChI is InChI=1S/C24H29NO6/c1-3-14-5-7-15(8-6-14)9-16-10-17(11-19(30-4-2)18(16)12-25)24-23(29)22(28)21(27)20(13-26)31-24/h5-8,10-11,20-24,26-29H,3-4,9,13H2,1-2H3/t20-,21-,22+,23-,24+/m1/s1. The molecule has 4 N–H and O–H groups in total. The van der Waals surface area contributed by atoms with Gasteiger partial charge in [-0.15, -0.1) is 0 Å². The summed E-state index contributed by atoms with van der Waals surface area (Å²) in [5.41, 5.74) is 3.83. The van der Waals surface area contributed by atoms with E-state index in [9.17, 15) is 25.7 Å². The maximum Gasteiger partial charge on any atom is 0.137 e. The van der Waals surface area contributed by atoms with Crippen LogP contribution in [0.3, 0.4) is 0 Å². The van der Waals surface area contributed by atoms with Gasteiger partial charge in [0.05, 0.1) is 18.8 Å². The average molecular weight is 427 g/mol. The van der Waals surface area contributed by atoms with Crippen molar-refractivity contribution in [1.82, 2.24) is 0 Å². The van der Waals surface area contributed by atoms with Crippen LogP contribution in [0.15, 0.2) is 36.4 Å². The lowest BCUT2D eigenvalue weighted by atomic mass is 9.88. The molecule has 2 aromatic rings. The zero-order chi connectivity index (χ0) is 22.5. The zero-order valence-electron chi connectivity index (χ0n) is 17.7. The third-order valence-corrected chi connectivity index (χ3v) is 5.66. The lowest BCUT2D eigenvalue weighted by molar-refractivity contribution is -0.231. The SMILES string of the molecule is CCOc1cc([C@@H]2O[C@H](CO)[C@@H](O)[C@H](O)[C@H]2O)cc(Cc2ccc(CC)cc2)c1C#N. The summed E-state index contributed by atoms with van der Waals surface area (Å²) in [7, 11) is 0. The summed E-state index contributed by atoms with van der Waals surface area (Å²) < 4.78 is 11.4. The van der Waals surface area contributed by atoms with Crippen molar-refractivity contribution in [3.63, 3.8) is 0 Å². The van der Waals surface area contributed by atoms with E-state index in [-0.39, 0.29) is 0 Å². The van der Waals surface area contributed by atoms with E-state index in [4.69, 9.17) is 9.47 Å². The van der Waals surface area contributed by atoms with Gasteiger partial charge < -0.3 is 29.9 Å². The Morgan fingerprint density at radius 3 is 2.26 bits per heavy atom. The summed E-state index contributed by atoms with van der Waals surface area (Å²) in [6.45, 7) is 3.73. The minimum Gasteiger partial charge on any atom is -0.492 e. The van der Waals surface area contributed by atoms with Crippen molar-refractivity contribution in [3.8, 4) is 11.8 Å². The zero-order valence-corrected chi connectivity index (χ0v) is 17.7. The van der Waals surface area contributed by atoms with Crippen LogP contribution in [0.2, 0.25) is 0 Å². The van der Waals surface area contributed by atoms with Gasteiger partial charge in [-0.1, -0.05) is 37.3 Å². The van der Waals surface area contributed by atoms with Gasteiger partial charge in [0.1, 0.15) is 42.3 Å². The van der Waals surface area contributed by atoms with Gasteiger partial charge >= 0.3 is 0 Å². The quantitative estimate of drug-likeness (QED) is 0.529. The maximum absolute atomic E-state index is 10.5. The minimum atomic E-state index is -1.48. The minimum absolute atomic E-state index is 0.345. The molecule has 1 heterocycles. The van der Waals surface area contributed by atoms with Crippen molar-refractivity contribution in [2.45, 2.75) is 57.2 Å². The van der Waals surface area contributed by atoms with E-state index in [1.807, 2.05) is 31.2 Å². The molecule has 1 fully saturated rings. The number of hydrogen-bond acceptors (Lipinski definition) is 7. The first-order chi connectivity index (χ1) is 14.9. The molecule has 1 aliphatic rings. The number of nitrogens with zero attached hydrogens (tertiary/aromatic N) is 1. The van der Waals surface area contributed by atoms with Crippen molar-refractivity contribution in [2.75, 3.05) is 13.2 Å². The van der Waals surface area contributed by atoms with Crippen molar-refractivity contribution in [1.29, 1.82) is 5.26 Å². The molecular weight excluding hydrogens is 398 g/mol. The molecule has 0 aliphatic carbocycles. The summed E-state index contributed by atoms with van der Waals surface area (Å²) in [5, 5.41) is 50.1. The van der Waals surface area contributed by atoms with Crippen LogP contribution >= 0.6 is 0 Å². The third kappa shape index (κ3) is 4.90. The van der Waals surface area contributed by atoms with Gasteiger partial charge in [-0.05, 0) is 48.1 Å². The van der Waals surface area contributed by atoms with Gasteiger partial charge in [0.25, 0.3) is 0 Å². The largest absolute Gasteiger partial charge is 0.492 e. The highest BCUT2D eigenvalue weighted by molar-refractivity contribution is 5.53. The number of nitriles is 1. The molecule has 0 aromatic heterocycles. The molecule has 0 saturated carbocycles. The Morgan fingerprint density at radius 1 is 1.00 bits per heavy atom. The van der Waals surface area contributed by atoms with Gasteiger partial charge in [0.15, 0.2) is 0 Å². The molecule has 7 heteroatoms. The fourth-order valence-electron chi connectivity index (χ4n) is 3.89. The molecule has 31 heavy (non-hydrogen) atoms. The Balaban J connectivity index is 2.03. The number of ether oxygens (including phenoxy) is 2. The Morgan fingerprint density at radius 2 is 1.68 bits per heavy atom. The van der Waals surface area contributed by atoms with Crippen molar-refractivity contribution >= 4 is 0 Å². The molecule has 0 spiro atoms. The van der Waals surface area contributed by atoms with E-state index >= 15 is 0 Å². The fourth-order valence-corrected chi connectivity index (χ4v) is 3.89. The highest BCUT2D eigenvalue weighted by atomic mass is 16.5. The van der Waals surface area contributed by atoms with E-state index in [2.05, 4.69) is 13.0 Å². The Bertz CT molecular complexity index is 921. The van der Waals surface area contributed by atoms with Gasteiger partial charge in [-0.25, -0.2) is 0 Å². The van der Waals surface area contributed by atoms with Crippen LogP contribution in [0.1, 0.15) is 47.8 Å². The molecule has 7 nitrogen and oxygen atoms in total. The number of hydrogen-bond donors (Lipinski definition) is 4. The summed E-state index contributed by atoms with van der Waals surface area (Å²) in [6, 6.07) is 13.7. The molecule has 2 aromatic carbocycles. The van der Waals surface area contributed by atoms with Crippen LogP contribution < -0.4 is 4.74 Å². The smallest absolute Gasteiger partial charge is 0.137 e. The highest BCUT2D eigenvalue weighted by Crippen LogP contribution is 2.36. The molecule has 5 atom stereocenters. The molecular formula is C24H29NO6. The molecule has 1 saturated heterocycles. The number of rotatable bonds is 7. The van der Waals surface area contributed by atoms with E-state index < -0.39 is 37.1 Å². The second kappa shape index (κ2) is 10.2. The lowest BCUT2D eigenvalue weighted by Crippen LogP contribution is -2.55. The van der Waals surface area contributed by atoms with Crippen LogP contribution in [0.4, 0.5) is 0 Å². The van der Waals surface area contributed by atoms with Crippen molar-refractivity contribution in [3.05, 3.63) is 64.2 Å². The number of aliphatic hydroxyl groups is 4. The average Bonchev–Trinajstić information content (AvgIpc) is 2.78. The Kier molecular flexibility index (Phi) is 7.65. The number of aryl methyl sites for hydroxylation is 1. The maximum atomic E-state index is 10.5. The summed E-state index contributed by atoms with van der Waals surface area (Å²) in [6.07, 6.45) is -4.92. The summed E-state index contributed by atoms with van der Waals surface area (Å²) in [4.78, 5) is 0. The van der Waals surface area contributed by atoms with Gasteiger partial charge in [0, 0.05) is 0 Å². The first kappa shape index (κ1) is 23.2. The van der Waals surface area contributed by atoms with Crippen LogP contribution in [-0.2, 0) is 17.6 Å². The first-order valence-electron chi connectivity index (χ1n) is 10.5. The van der Waals surface area contributed by atoms with Gasteiger partial charge in [0.2, 0.25) is 0 Å². The van der Waals surface area contributed by atoms with Crippen LogP contribution in [-0.4, -0.2) is 58.1 Å². The molecule has 0 bridgehead atoms. The van der Waals surface area contributed by atoms with Crippen LogP contribution in [0, 0.1) is 11.3 Å². The van der Waals surface area contributed by atoms with Crippen LogP contribution in [0.25, 0.3) is 0 Å². The van der Waals surface area contributed by atoms with E-state index in [1.165, 1.54) is 5.56 Å². The normalized spacial score (nSPS) is 25.8. The third-order valence-electron chi connectivity index (χ3n) is 5.66. The van der Waals surface area contributed by atoms with E-state index in [0.717, 1.165) is 12.0 Å². The predicted octanol–water partition coefficient (Wildman–Crippen LogP) is 1.63. The topological polar surface area (TPSA) is 123 Å². The number of aliphatic hydroxyl groups excluding tert-OH is 4. The second-order valence-electron chi connectivity index (χ2n) is 7.69. The monoisotopic (exact) mass is 427 g/mol. The predicted molar refractivity (Wildman–Crippen MR) is 114 cm³/mol. The second-order valence-corrected chi connectivity index (χ2v) is 7.69. The highest BCUT2D eigenvalue weighted by Gasteiger charge is 2.44. The van der Waals surface area contributed by atoms with Crippen molar-refractivity contribution < 1.29 is 29.9 Å². The molecule has 0 radical (unpaired) electrons. The molecule has 0 amide bonds. The van der Waals surface area contributed by atoms with Gasteiger partial charge in [-0.2, -0.15) is 5.26 Å². The van der Waals surface area contributed by atoms with E-state index in [1.54, 1.807) is 12.1 Å². The molecule has 0 unspecified atom stereocenters. The van der Waals surface area contributed by atoms with E-state index in [0.29, 0.717) is 35.5 Å². The molecule has 1 aliphatic heterocycles. The molecule has 3 rings (SSSR count). The Hall–Kier alpha value is -2.47. The van der Waals surface area contributed by atoms with Gasteiger partial charge in [-0.3, -0.25) is 0 Å².